The number of hydrogen-bond acceptors (Lipinski definition) is 6. The molecule has 4 rings (SSSR count). The first kappa shape index (κ1) is 30.9. The number of amides is 1. The average Bonchev–Trinajstić information content (AvgIpc) is 3.03. The molecule has 0 heterocycles. The van der Waals surface area contributed by atoms with Crippen LogP contribution >= 0.6 is 0 Å². The van der Waals surface area contributed by atoms with Crippen LogP contribution in [0.1, 0.15) is 29.2 Å². The van der Waals surface area contributed by atoms with E-state index in [1.54, 1.807) is 0 Å². The van der Waals surface area contributed by atoms with E-state index in [2.05, 4.69) is 0 Å². The van der Waals surface area contributed by atoms with Crippen LogP contribution in [-0.4, -0.2) is 37.1 Å². The molecule has 7 heteroatoms. The van der Waals surface area contributed by atoms with Crippen LogP contribution in [0.2, 0.25) is 0 Å². The molecular formula is C35H39NO6. The van der Waals surface area contributed by atoms with Gasteiger partial charge in [0.15, 0.2) is 0 Å². The van der Waals surface area contributed by atoms with Gasteiger partial charge in [-0.15, -0.1) is 0 Å². The second kappa shape index (κ2) is 17.1. The smallest absolute Gasteiger partial charge is 0.404 e. The average molecular weight is 570 g/mol. The van der Waals surface area contributed by atoms with Gasteiger partial charge in [0.25, 0.3) is 0 Å². The maximum atomic E-state index is 11.7. The zero-order valence-corrected chi connectivity index (χ0v) is 23.9. The summed E-state index contributed by atoms with van der Waals surface area (Å²) >= 11 is 0. The molecule has 0 aliphatic heterocycles. The lowest BCUT2D eigenvalue weighted by molar-refractivity contribution is -0.193. The molecule has 0 unspecified atom stereocenters. The van der Waals surface area contributed by atoms with E-state index in [1.165, 1.54) is 0 Å². The van der Waals surface area contributed by atoms with Crippen LogP contribution in [0.25, 0.3) is 0 Å². The lowest BCUT2D eigenvalue weighted by Gasteiger charge is -2.36. The maximum absolute atomic E-state index is 11.7. The lowest BCUT2D eigenvalue weighted by atomic mass is 10.0. The topological polar surface area (TPSA) is 89.2 Å². The molecule has 0 saturated carbocycles. The highest BCUT2D eigenvalue weighted by molar-refractivity contribution is 5.64. The minimum Gasteiger partial charge on any atom is -0.447 e. The third-order valence-corrected chi connectivity index (χ3v) is 6.78. The van der Waals surface area contributed by atoms with Gasteiger partial charge in [-0.05, 0) is 29.2 Å². The van der Waals surface area contributed by atoms with Gasteiger partial charge in [0.2, 0.25) is 0 Å². The quantitative estimate of drug-likeness (QED) is 0.157. The van der Waals surface area contributed by atoms with Crippen molar-refractivity contribution in [3.8, 4) is 0 Å². The van der Waals surface area contributed by atoms with Crippen molar-refractivity contribution in [1.29, 1.82) is 0 Å². The Bertz CT molecular complexity index is 1290. The Morgan fingerprint density at radius 1 is 0.548 bits per heavy atom. The first-order valence-electron chi connectivity index (χ1n) is 14.1. The minimum atomic E-state index is -0.889. The Morgan fingerprint density at radius 2 is 0.905 bits per heavy atom. The predicted octanol–water partition coefficient (Wildman–Crippen LogP) is 6.44. The zero-order valence-electron chi connectivity index (χ0n) is 23.9. The molecule has 4 aromatic rings. The van der Waals surface area contributed by atoms with Crippen molar-refractivity contribution in [3.05, 3.63) is 144 Å². The SMILES string of the molecule is C[C@H](OCc1ccccc1)[C@H](OCc1ccccc1)[C@@H](OCc1ccccc1)[C@H](COC(N)=O)OCc1ccccc1. The molecule has 4 aromatic carbocycles. The molecule has 42 heavy (non-hydrogen) atoms. The molecule has 0 aromatic heterocycles. The molecule has 2 N–H and O–H groups in total. The van der Waals surface area contributed by atoms with Crippen molar-refractivity contribution in [2.24, 2.45) is 5.73 Å². The molecule has 0 fully saturated rings. The molecule has 0 saturated heterocycles. The van der Waals surface area contributed by atoms with Crippen LogP contribution in [0.15, 0.2) is 121 Å². The number of hydrogen-bond donors (Lipinski definition) is 1. The zero-order chi connectivity index (χ0) is 29.4. The number of carbonyl (C=O) groups excluding carboxylic acids is 1. The van der Waals surface area contributed by atoms with Crippen LogP contribution < -0.4 is 5.73 Å². The Balaban J connectivity index is 1.62. The molecule has 220 valence electrons. The van der Waals surface area contributed by atoms with E-state index < -0.39 is 30.5 Å². The third kappa shape index (κ3) is 10.4. The number of carbonyl (C=O) groups is 1. The predicted molar refractivity (Wildman–Crippen MR) is 161 cm³/mol. The van der Waals surface area contributed by atoms with E-state index in [-0.39, 0.29) is 13.2 Å². The van der Waals surface area contributed by atoms with Crippen molar-refractivity contribution in [2.45, 2.75) is 57.8 Å². The number of primary amides is 1. The molecule has 0 bridgehead atoms. The Hall–Kier alpha value is -4.01. The van der Waals surface area contributed by atoms with Gasteiger partial charge in [-0.2, -0.15) is 0 Å². The highest BCUT2D eigenvalue weighted by atomic mass is 16.6. The number of nitrogens with two attached hydrogens (primary N) is 1. The number of benzene rings is 4. The van der Waals surface area contributed by atoms with Gasteiger partial charge in [0, 0.05) is 0 Å². The summed E-state index contributed by atoms with van der Waals surface area (Å²) in [5.74, 6) is 0. The Labute approximate surface area is 248 Å². The van der Waals surface area contributed by atoms with Crippen molar-refractivity contribution >= 4 is 6.09 Å². The lowest BCUT2D eigenvalue weighted by Crippen LogP contribution is -2.50. The number of ether oxygens (including phenoxy) is 5. The fourth-order valence-electron chi connectivity index (χ4n) is 4.52. The van der Waals surface area contributed by atoms with Crippen LogP contribution in [0.3, 0.4) is 0 Å². The van der Waals surface area contributed by atoms with Gasteiger partial charge < -0.3 is 29.4 Å². The summed E-state index contributed by atoms with van der Waals surface area (Å²) in [5.41, 5.74) is 9.39. The molecule has 0 spiro atoms. The van der Waals surface area contributed by atoms with E-state index in [0.717, 1.165) is 22.3 Å². The minimum absolute atomic E-state index is 0.113. The van der Waals surface area contributed by atoms with Crippen LogP contribution in [0.5, 0.6) is 0 Å². The molecule has 0 aliphatic rings. The van der Waals surface area contributed by atoms with Gasteiger partial charge in [-0.3, -0.25) is 0 Å². The normalized spacial score (nSPS) is 14.0. The van der Waals surface area contributed by atoms with Gasteiger partial charge >= 0.3 is 6.09 Å². The fourth-order valence-corrected chi connectivity index (χ4v) is 4.52. The van der Waals surface area contributed by atoms with Crippen molar-refractivity contribution in [3.63, 3.8) is 0 Å². The summed E-state index contributed by atoms with van der Waals surface area (Å²) in [5, 5.41) is 0. The van der Waals surface area contributed by atoms with E-state index >= 15 is 0 Å². The maximum Gasteiger partial charge on any atom is 0.404 e. The standard InChI is InChI=1S/C35H39NO6/c1-27(38-22-28-14-6-2-7-15-28)33(40-24-30-18-10-4-11-19-30)34(41-25-31-20-12-5-13-21-31)32(26-42-35(36)37)39-23-29-16-8-3-9-17-29/h2-21,27,32-34H,22-26H2,1H3,(H2,36,37)/t27-,32-,33-,34-/m0/s1. The van der Waals surface area contributed by atoms with Gasteiger partial charge in [-0.25, -0.2) is 4.79 Å². The fraction of sp³-hybridized carbons (Fsp3) is 0.286. The Kier molecular flexibility index (Phi) is 12.6. The summed E-state index contributed by atoms with van der Waals surface area (Å²) in [6, 6.07) is 39.5. The van der Waals surface area contributed by atoms with Crippen molar-refractivity contribution in [2.75, 3.05) is 6.61 Å². The first-order valence-corrected chi connectivity index (χ1v) is 14.1. The largest absolute Gasteiger partial charge is 0.447 e. The van der Waals surface area contributed by atoms with Crippen LogP contribution in [0.4, 0.5) is 4.79 Å². The Morgan fingerprint density at radius 3 is 1.31 bits per heavy atom. The van der Waals surface area contributed by atoms with Gasteiger partial charge in [0.05, 0.1) is 32.5 Å². The number of rotatable bonds is 17. The van der Waals surface area contributed by atoms with Gasteiger partial charge in [0.1, 0.15) is 24.9 Å². The highest BCUT2D eigenvalue weighted by Gasteiger charge is 2.37. The van der Waals surface area contributed by atoms with Crippen molar-refractivity contribution < 1.29 is 28.5 Å². The molecule has 7 nitrogen and oxygen atoms in total. The molecule has 0 radical (unpaired) electrons. The van der Waals surface area contributed by atoms with Crippen LogP contribution in [-0.2, 0) is 50.1 Å². The third-order valence-electron chi connectivity index (χ3n) is 6.78. The van der Waals surface area contributed by atoms with E-state index in [4.69, 9.17) is 29.4 Å². The van der Waals surface area contributed by atoms with E-state index in [1.807, 2.05) is 128 Å². The van der Waals surface area contributed by atoms with Crippen molar-refractivity contribution in [1.82, 2.24) is 0 Å². The van der Waals surface area contributed by atoms with E-state index in [9.17, 15) is 4.79 Å². The van der Waals surface area contributed by atoms with Crippen LogP contribution in [0, 0.1) is 0 Å². The molecule has 1 amide bonds. The summed E-state index contributed by atoms with van der Waals surface area (Å²) < 4.78 is 31.2. The summed E-state index contributed by atoms with van der Waals surface area (Å²) in [4.78, 5) is 11.7. The second-order valence-electron chi connectivity index (χ2n) is 9.99. The summed E-state index contributed by atoms with van der Waals surface area (Å²) in [7, 11) is 0. The first-order chi connectivity index (χ1) is 20.6. The monoisotopic (exact) mass is 569 g/mol. The molecule has 0 aliphatic carbocycles. The summed E-state index contributed by atoms with van der Waals surface area (Å²) in [6.07, 6.45) is -3.27. The molecule has 4 atom stereocenters. The molecular weight excluding hydrogens is 530 g/mol. The second-order valence-corrected chi connectivity index (χ2v) is 9.99. The van der Waals surface area contributed by atoms with Gasteiger partial charge in [-0.1, -0.05) is 121 Å². The summed E-state index contributed by atoms with van der Waals surface area (Å²) in [6.45, 7) is 3.15. The van der Waals surface area contributed by atoms with E-state index in [0.29, 0.717) is 19.8 Å². The highest BCUT2D eigenvalue weighted by Crippen LogP contribution is 2.23.